The summed E-state index contributed by atoms with van der Waals surface area (Å²) in [5, 5.41) is 13.2. The van der Waals surface area contributed by atoms with Crippen molar-refractivity contribution in [2.24, 2.45) is 35.5 Å². The lowest BCUT2D eigenvalue weighted by atomic mass is 9.69. The van der Waals surface area contributed by atoms with E-state index in [9.17, 15) is 53.2 Å². The number of carbonyl (C=O) groups excluding carboxylic acids is 10. The second-order valence-electron chi connectivity index (χ2n) is 20.3. The highest BCUT2D eigenvalue weighted by Gasteiger charge is 2.38. The largest absolute Gasteiger partial charge is 0.465 e. The van der Waals surface area contributed by atoms with E-state index in [4.69, 9.17) is 47.4 Å². The SMILES string of the molecule is C=CC(=O)OCCCCOC(=O)C1CCC(C2CCC(C(=O)Oc3ccc(OC(=O)C4CCC(C(=O)Oc5ccc(CCOC(=O)CCC(=O)OCCOC(=O)C=C)cc5)CC4)c4c3N/C(=C(/C#N)C(=O)OCCOC(=O)C=C)S4)CC2)CC1. The zero-order valence-electron chi connectivity index (χ0n) is 46.8. The van der Waals surface area contributed by atoms with Gasteiger partial charge in [0.1, 0.15) is 54.7 Å². The third-order valence-corrected chi connectivity index (χ3v) is 15.9. The Bertz CT molecular complexity index is 2810. The smallest absolute Gasteiger partial charge is 0.351 e. The Morgan fingerprint density at radius 3 is 1.45 bits per heavy atom. The highest BCUT2D eigenvalue weighted by Crippen LogP contribution is 2.53. The van der Waals surface area contributed by atoms with Crippen molar-refractivity contribution in [3.8, 4) is 23.3 Å². The maximum Gasteiger partial charge on any atom is 0.351 e. The van der Waals surface area contributed by atoms with Gasteiger partial charge in [-0.2, -0.15) is 5.26 Å². The van der Waals surface area contributed by atoms with Crippen LogP contribution >= 0.6 is 11.8 Å². The molecule has 1 aliphatic heterocycles. The zero-order valence-corrected chi connectivity index (χ0v) is 47.6. The molecule has 0 bridgehead atoms. The number of unbranched alkanes of at least 4 members (excludes halogenated alkanes) is 1. The Labute approximate surface area is 490 Å². The quantitative estimate of drug-likeness (QED) is 0.0200. The van der Waals surface area contributed by atoms with Crippen LogP contribution in [0.1, 0.15) is 108 Å². The topological polar surface area (TPSA) is 299 Å². The number of rotatable bonds is 29. The monoisotopic (exact) mass is 1180 g/mol. The third-order valence-electron chi connectivity index (χ3n) is 14.8. The number of thioether (sulfide) groups is 1. The van der Waals surface area contributed by atoms with E-state index in [-0.39, 0.29) is 98.1 Å². The van der Waals surface area contributed by atoms with E-state index in [1.807, 2.05) is 6.07 Å². The molecule has 0 atom stereocenters. The van der Waals surface area contributed by atoms with Crippen LogP contribution < -0.4 is 19.5 Å². The summed E-state index contributed by atoms with van der Waals surface area (Å²) in [5.41, 5.74) is 0.544. The minimum absolute atomic E-state index is 0.0152. The summed E-state index contributed by atoms with van der Waals surface area (Å²) in [7, 11) is 0. The third kappa shape index (κ3) is 20.3. The van der Waals surface area contributed by atoms with Crippen molar-refractivity contribution in [2.45, 2.75) is 114 Å². The van der Waals surface area contributed by atoms with Gasteiger partial charge in [0.2, 0.25) is 0 Å². The Morgan fingerprint density at radius 2 is 0.929 bits per heavy atom. The van der Waals surface area contributed by atoms with Gasteiger partial charge >= 0.3 is 59.7 Å². The number of fused-ring (bicyclic) bond motifs is 1. The molecule has 450 valence electrons. The molecule has 2 aromatic carbocycles. The summed E-state index contributed by atoms with van der Waals surface area (Å²) in [5.74, 6) is -6.23. The molecular formula is C61H70N2O20S. The Balaban J connectivity index is 0.980. The predicted molar refractivity (Wildman–Crippen MR) is 298 cm³/mol. The first-order chi connectivity index (χ1) is 40.6. The Kier molecular flexibility index (Phi) is 26.1. The summed E-state index contributed by atoms with van der Waals surface area (Å²) in [6.07, 6.45) is 11.5. The van der Waals surface area contributed by atoms with Crippen molar-refractivity contribution in [3.63, 3.8) is 0 Å². The Morgan fingerprint density at radius 1 is 0.500 bits per heavy atom. The molecule has 3 aliphatic carbocycles. The van der Waals surface area contributed by atoms with Crippen LogP contribution in [0.3, 0.4) is 0 Å². The van der Waals surface area contributed by atoms with Gasteiger partial charge in [0.25, 0.3) is 0 Å². The fraction of sp³-hybridized carbons (Fsp3) is 0.492. The lowest BCUT2D eigenvalue weighted by Gasteiger charge is -2.36. The lowest BCUT2D eigenvalue weighted by molar-refractivity contribution is -0.152. The lowest BCUT2D eigenvalue weighted by Crippen LogP contribution is -2.31. The standard InChI is InChI=1S/C61H70N2O20S/c1-4-49(64)74-30-7-8-31-79-57(69)41-15-11-39(12-16-41)40-13-17-43(18-14-40)59(71)82-47-25-26-48(55-54(47)63-56(84-55)46(37-62)61(73)80-36-35-77-51(66)6-3)83-60(72)44-21-19-42(20-22-44)58(70)81-45-23-9-38(10-24-45)29-32-75-52(67)27-28-53(68)78-34-33-76-50(65)5-2/h4-6,9-10,23-26,39-44,63H,1-3,7-8,11-22,27-36H2/b56-46+. The van der Waals surface area contributed by atoms with Crippen molar-refractivity contribution < 1.29 is 95.3 Å². The molecule has 0 amide bonds. The maximum atomic E-state index is 13.9. The fourth-order valence-corrected chi connectivity index (χ4v) is 11.2. The molecule has 0 aromatic heterocycles. The molecule has 0 radical (unpaired) electrons. The number of nitriles is 1. The summed E-state index contributed by atoms with van der Waals surface area (Å²) < 4.78 is 53.1. The molecule has 0 spiro atoms. The molecule has 1 N–H and O–H groups in total. The molecule has 2 aromatic rings. The predicted octanol–water partition coefficient (Wildman–Crippen LogP) is 8.24. The van der Waals surface area contributed by atoms with Crippen LogP contribution in [0.25, 0.3) is 0 Å². The van der Waals surface area contributed by atoms with Gasteiger partial charge in [-0.25, -0.2) is 19.2 Å². The second kappa shape index (κ2) is 33.7. The van der Waals surface area contributed by atoms with Crippen molar-refractivity contribution >= 4 is 77.1 Å². The van der Waals surface area contributed by atoms with Crippen LogP contribution in [0.15, 0.2) is 89.9 Å². The normalized spacial score (nSPS) is 20.2. The number of nitrogens with one attached hydrogen (secondary N) is 1. The van der Waals surface area contributed by atoms with E-state index < -0.39 is 77.1 Å². The number of nitrogens with zero attached hydrogens (tertiary/aromatic N) is 1. The Hall–Kier alpha value is -8.26. The van der Waals surface area contributed by atoms with Gasteiger partial charge in [-0.3, -0.25) is 28.8 Å². The molecule has 22 nitrogen and oxygen atoms in total. The summed E-state index contributed by atoms with van der Waals surface area (Å²) in [4.78, 5) is 125. The highest BCUT2D eigenvalue weighted by molar-refractivity contribution is 8.04. The van der Waals surface area contributed by atoms with Crippen LogP contribution in [0.4, 0.5) is 5.69 Å². The number of carbonyl (C=O) groups is 10. The summed E-state index contributed by atoms with van der Waals surface area (Å²) in [6.45, 7) is 9.55. The number of hydrogen-bond donors (Lipinski definition) is 1. The number of benzene rings is 2. The van der Waals surface area contributed by atoms with Gasteiger partial charge in [-0.15, -0.1) is 0 Å². The summed E-state index contributed by atoms with van der Waals surface area (Å²) >= 11 is 0.904. The van der Waals surface area contributed by atoms with Gasteiger partial charge in [-0.05, 0) is 132 Å². The number of esters is 10. The maximum absolute atomic E-state index is 13.9. The minimum atomic E-state index is -1.03. The van der Waals surface area contributed by atoms with E-state index in [2.05, 4.69) is 25.1 Å². The summed E-state index contributed by atoms with van der Waals surface area (Å²) in [6, 6.07) is 11.5. The van der Waals surface area contributed by atoms with E-state index in [1.54, 1.807) is 24.3 Å². The minimum Gasteiger partial charge on any atom is -0.465 e. The molecule has 23 heteroatoms. The molecule has 84 heavy (non-hydrogen) atoms. The average Bonchev–Trinajstić information content (AvgIpc) is 4.18. The van der Waals surface area contributed by atoms with Crippen LogP contribution in [0.5, 0.6) is 17.2 Å². The molecule has 1 heterocycles. The number of hydrogen-bond acceptors (Lipinski definition) is 23. The zero-order chi connectivity index (χ0) is 60.4. The first kappa shape index (κ1) is 64.9. The number of ether oxygens (including phenoxy) is 10. The van der Waals surface area contributed by atoms with Gasteiger partial charge in [-0.1, -0.05) is 43.6 Å². The van der Waals surface area contributed by atoms with Crippen molar-refractivity contribution in [1.82, 2.24) is 0 Å². The van der Waals surface area contributed by atoms with Crippen molar-refractivity contribution in [1.29, 1.82) is 5.26 Å². The van der Waals surface area contributed by atoms with Crippen LogP contribution in [-0.2, 0) is 87.5 Å². The van der Waals surface area contributed by atoms with Gasteiger partial charge in [0, 0.05) is 24.6 Å². The van der Waals surface area contributed by atoms with E-state index >= 15 is 0 Å². The van der Waals surface area contributed by atoms with E-state index in [1.165, 1.54) is 12.1 Å². The van der Waals surface area contributed by atoms with Crippen molar-refractivity contribution in [2.75, 3.05) is 51.6 Å². The fourth-order valence-electron chi connectivity index (χ4n) is 10.1. The van der Waals surface area contributed by atoms with Crippen LogP contribution in [0, 0.1) is 46.8 Å². The molecular weight excluding hydrogens is 1110 g/mol. The van der Waals surface area contributed by atoms with Gasteiger partial charge in [0.15, 0.2) is 11.3 Å². The second-order valence-corrected chi connectivity index (χ2v) is 21.3. The van der Waals surface area contributed by atoms with E-state index in [0.29, 0.717) is 75.4 Å². The van der Waals surface area contributed by atoms with E-state index in [0.717, 1.165) is 74.1 Å². The first-order valence-corrected chi connectivity index (χ1v) is 28.9. The molecule has 6 rings (SSSR count). The molecule has 3 saturated carbocycles. The highest BCUT2D eigenvalue weighted by atomic mass is 32.2. The van der Waals surface area contributed by atoms with Crippen molar-refractivity contribution in [3.05, 3.63) is 90.5 Å². The van der Waals surface area contributed by atoms with Gasteiger partial charge < -0.3 is 52.7 Å². The number of anilines is 1. The average molecular weight is 1180 g/mol. The molecule has 3 fully saturated rings. The van der Waals surface area contributed by atoms with Crippen LogP contribution in [-0.4, -0.2) is 106 Å². The first-order valence-electron chi connectivity index (χ1n) is 28.1. The molecule has 0 unspecified atom stereocenters. The molecule has 0 saturated heterocycles. The van der Waals surface area contributed by atoms with Gasteiger partial charge in [0.05, 0.1) is 61.2 Å². The molecule has 4 aliphatic rings. The van der Waals surface area contributed by atoms with Crippen LogP contribution in [0.2, 0.25) is 0 Å².